The summed E-state index contributed by atoms with van der Waals surface area (Å²) >= 11 is 1.31. The van der Waals surface area contributed by atoms with E-state index in [2.05, 4.69) is 15.4 Å². The van der Waals surface area contributed by atoms with Crippen LogP contribution in [0.15, 0.2) is 59.0 Å². The van der Waals surface area contributed by atoms with Gasteiger partial charge in [0.15, 0.2) is 0 Å². The van der Waals surface area contributed by atoms with Gasteiger partial charge in [0.05, 0.1) is 29.6 Å². The molecule has 0 unspecified atom stereocenters. The van der Waals surface area contributed by atoms with E-state index in [0.717, 1.165) is 18.4 Å². The molecule has 2 heterocycles. The number of thiazole rings is 1. The van der Waals surface area contributed by atoms with Crippen molar-refractivity contribution in [2.75, 3.05) is 32.1 Å². The summed E-state index contributed by atoms with van der Waals surface area (Å²) in [6.07, 6.45) is 8.60. The molecule has 302 valence electrons. The van der Waals surface area contributed by atoms with Gasteiger partial charge in [-0.3, -0.25) is 10.6 Å². The van der Waals surface area contributed by atoms with Crippen molar-refractivity contribution >= 4 is 50.9 Å². The number of aromatic nitrogens is 1. The van der Waals surface area contributed by atoms with Crippen LogP contribution in [0.3, 0.4) is 0 Å². The first-order chi connectivity index (χ1) is 25.7. The van der Waals surface area contributed by atoms with E-state index in [1.165, 1.54) is 17.4 Å². The average Bonchev–Trinajstić information content (AvgIpc) is 3.58. The first kappa shape index (κ1) is 43.3. The molecular formula is C39H55N5O9S2. The monoisotopic (exact) mass is 801 g/mol. The number of benzene rings is 1. The lowest BCUT2D eigenvalue weighted by Crippen LogP contribution is -2.42. The summed E-state index contributed by atoms with van der Waals surface area (Å²) in [6, 6.07) is 4.66. The SMILES string of the molecule is COC1=C(\c2ncc(-c3ccc(NC(=O)OCC4CCN(C(=O)OC(C)(C)C)CC4)cc3S(=O)(=O)NC(C)(C)C)s2)CCC/C=C/C(NC(=O)OC(C)C)=C\1. The number of allylic oxidation sites excluding steroid dienone is 4. The smallest absolute Gasteiger partial charge is 0.411 e. The zero-order chi connectivity index (χ0) is 40.6. The highest BCUT2D eigenvalue weighted by Crippen LogP contribution is 2.38. The van der Waals surface area contributed by atoms with Gasteiger partial charge in [0.2, 0.25) is 10.0 Å². The second kappa shape index (κ2) is 18.5. The van der Waals surface area contributed by atoms with E-state index in [1.54, 1.807) is 77.1 Å². The fraction of sp³-hybridized carbons (Fsp3) is 0.538. The predicted octanol–water partition coefficient (Wildman–Crippen LogP) is 8.20. The summed E-state index contributed by atoms with van der Waals surface area (Å²) in [4.78, 5) is 44.6. The molecule has 0 radical (unpaired) electrons. The molecule has 0 spiro atoms. The fourth-order valence-corrected chi connectivity index (χ4v) is 8.58. The molecule has 0 atom stereocenters. The molecular weight excluding hydrogens is 747 g/mol. The Bertz CT molecular complexity index is 1900. The number of methoxy groups -OCH3 is 1. The summed E-state index contributed by atoms with van der Waals surface area (Å²) in [5.74, 6) is 0.562. The average molecular weight is 802 g/mol. The highest BCUT2D eigenvalue weighted by molar-refractivity contribution is 7.89. The molecule has 14 nitrogen and oxygen atoms in total. The second-order valence-electron chi connectivity index (χ2n) is 15.8. The molecule has 1 aliphatic heterocycles. The number of sulfonamides is 1. The number of hydrogen-bond acceptors (Lipinski definition) is 11. The van der Waals surface area contributed by atoms with Gasteiger partial charge in [0.1, 0.15) is 16.4 Å². The first-order valence-electron chi connectivity index (χ1n) is 18.4. The van der Waals surface area contributed by atoms with Crippen molar-refractivity contribution in [1.82, 2.24) is 19.9 Å². The third kappa shape index (κ3) is 13.4. The molecule has 55 heavy (non-hydrogen) atoms. The number of anilines is 1. The number of amides is 3. The fourth-order valence-electron chi connectivity index (χ4n) is 5.82. The van der Waals surface area contributed by atoms with Crippen molar-refractivity contribution in [2.24, 2.45) is 5.92 Å². The van der Waals surface area contributed by atoms with Gasteiger partial charge in [-0.15, -0.1) is 11.3 Å². The zero-order valence-electron chi connectivity index (χ0n) is 33.2. The van der Waals surface area contributed by atoms with Gasteiger partial charge in [-0.05, 0) is 112 Å². The number of carbonyl (C=O) groups excluding carboxylic acids is 3. The molecule has 1 saturated heterocycles. The normalized spacial score (nSPS) is 18.9. The number of rotatable bonds is 10. The number of likely N-dealkylation sites (tertiary alicyclic amines) is 1. The molecule has 1 aromatic heterocycles. The van der Waals surface area contributed by atoms with Crippen LogP contribution in [0.4, 0.5) is 20.1 Å². The summed E-state index contributed by atoms with van der Waals surface area (Å²) in [6.45, 7) is 15.4. The van der Waals surface area contributed by atoms with Crippen molar-refractivity contribution in [3.05, 3.63) is 59.1 Å². The van der Waals surface area contributed by atoms with E-state index in [0.29, 0.717) is 59.3 Å². The van der Waals surface area contributed by atoms with Crippen molar-refractivity contribution in [3.63, 3.8) is 0 Å². The number of hydrogen-bond donors (Lipinski definition) is 3. The second-order valence-corrected chi connectivity index (χ2v) is 18.4. The number of piperidine rings is 1. The lowest BCUT2D eigenvalue weighted by Gasteiger charge is -2.33. The lowest BCUT2D eigenvalue weighted by molar-refractivity contribution is 0.0152. The Morgan fingerprint density at radius 1 is 1.04 bits per heavy atom. The van der Waals surface area contributed by atoms with Gasteiger partial charge in [0, 0.05) is 53.4 Å². The molecule has 2 aliphatic rings. The molecule has 1 aromatic carbocycles. The maximum Gasteiger partial charge on any atom is 0.411 e. The number of nitrogens with zero attached hydrogens (tertiary/aromatic N) is 2. The van der Waals surface area contributed by atoms with Crippen molar-refractivity contribution in [1.29, 1.82) is 0 Å². The Morgan fingerprint density at radius 2 is 1.75 bits per heavy atom. The maximum atomic E-state index is 13.9. The van der Waals surface area contributed by atoms with Crippen molar-refractivity contribution in [2.45, 2.75) is 110 Å². The van der Waals surface area contributed by atoms with E-state index in [-0.39, 0.29) is 35.3 Å². The molecule has 2 aromatic rings. The van der Waals surface area contributed by atoms with Crippen LogP contribution in [0, 0.1) is 5.92 Å². The highest BCUT2D eigenvalue weighted by Gasteiger charge is 2.29. The predicted molar refractivity (Wildman–Crippen MR) is 213 cm³/mol. The van der Waals surface area contributed by atoms with Crippen LogP contribution in [0.25, 0.3) is 16.0 Å². The Labute approximate surface area is 328 Å². The summed E-state index contributed by atoms with van der Waals surface area (Å²) in [5, 5.41) is 6.07. The molecule has 0 saturated carbocycles. The van der Waals surface area contributed by atoms with E-state index < -0.39 is 33.3 Å². The van der Waals surface area contributed by atoms with E-state index in [9.17, 15) is 22.8 Å². The number of carbonyl (C=O) groups is 3. The van der Waals surface area contributed by atoms with Gasteiger partial charge >= 0.3 is 18.3 Å². The maximum absolute atomic E-state index is 13.9. The summed E-state index contributed by atoms with van der Waals surface area (Å²) in [5.41, 5.74) is 0.555. The van der Waals surface area contributed by atoms with Crippen LogP contribution in [-0.2, 0) is 29.0 Å². The quantitative estimate of drug-likeness (QED) is 0.199. The Hall–Kier alpha value is -4.41. The molecule has 4 rings (SSSR count). The van der Waals surface area contributed by atoms with Crippen LogP contribution in [-0.4, -0.2) is 80.6 Å². The van der Waals surface area contributed by atoms with E-state index >= 15 is 0 Å². The largest absolute Gasteiger partial charge is 0.496 e. The zero-order valence-corrected chi connectivity index (χ0v) is 34.9. The Kier molecular flexibility index (Phi) is 14.6. The highest BCUT2D eigenvalue weighted by atomic mass is 32.2. The lowest BCUT2D eigenvalue weighted by atomic mass is 9.98. The van der Waals surface area contributed by atoms with Gasteiger partial charge in [-0.1, -0.05) is 12.1 Å². The summed E-state index contributed by atoms with van der Waals surface area (Å²) < 4.78 is 52.5. The van der Waals surface area contributed by atoms with Gasteiger partial charge < -0.3 is 23.8 Å². The third-order valence-corrected chi connectivity index (χ3v) is 11.1. The Morgan fingerprint density at radius 3 is 2.38 bits per heavy atom. The van der Waals surface area contributed by atoms with Gasteiger partial charge in [-0.2, -0.15) is 0 Å². The van der Waals surface area contributed by atoms with Crippen LogP contribution in [0.1, 0.15) is 92.5 Å². The standard InChI is InChI=1S/C39H55N5O9S2/c1-25(2)52-36(46)42-27-13-11-10-12-14-29(31(21-27)50-9)34-40-23-32(54-34)30-16-15-28(22-33(30)55(48,49)43-38(3,4)5)41-35(45)51-24-26-17-19-44(20-18-26)37(47)53-39(6,7)8/h11,13,15-16,21-23,25-26,43H,10,12,14,17-20,24H2,1-9H3,(H,41,45)(H,42,46)/b13-11+,27-21+,31-29-. The molecule has 3 N–H and O–H groups in total. The molecule has 1 fully saturated rings. The topological polar surface area (TPSA) is 174 Å². The first-order valence-corrected chi connectivity index (χ1v) is 20.7. The van der Waals surface area contributed by atoms with E-state index in [1.807, 2.05) is 26.8 Å². The molecule has 0 bridgehead atoms. The molecule has 3 amide bonds. The summed E-state index contributed by atoms with van der Waals surface area (Å²) in [7, 11) is -2.55. The van der Waals surface area contributed by atoms with E-state index in [4.69, 9.17) is 23.9 Å². The number of ether oxygens (including phenoxy) is 4. The minimum absolute atomic E-state index is 0.0420. The Balaban J connectivity index is 1.56. The third-order valence-electron chi connectivity index (χ3n) is 8.19. The minimum Gasteiger partial charge on any atom is -0.496 e. The van der Waals surface area contributed by atoms with Crippen LogP contribution in [0.5, 0.6) is 0 Å². The van der Waals surface area contributed by atoms with Crippen LogP contribution >= 0.6 is 11.3 Å². The minimum atomic E-state index is -4.09. The van der Waals surface area contributed by atoms with Crippen LogP contribution in [0.2, 0.25) is 0 Å². The van der Waals surface area contributed by atoms with Crippen molar-refractivity contribution < 1.29 is 41.7 Å². The van der Waals surface area contributed by atoms with Gasteiger partial charge in [-0.25, -0.2) is 32.5 Å². The van der Waals surface area contributed by atoms with Crippen LogP contribution < -0.4 is 15.4 Å². The molecule has 16 heteroatoms. The van der Waals surface area contributed by atoms with Gasteiger partial charge in [0.25, 0.3) is 0 Å². The van der Waals surface area contributed by atoms with Crippen molar-refractivity contribution in [3.8, 4) is 10.4 Å². The number of alkyl carbamates (subject to hydrolysis) is 1. The number of nitrogens with one attached hydrogen (secondary N) is 3. The molecule has 1 aliphatic carbocycles.